The summed E-state index contributed by atoms with van der Waals surface area (Å²) in [5.74, 6) is -2.79. The van der Waals surface area contributed by atoms with Gasteiger partial charge in [-0.15, -0.1) is 0 Å². The monoisotopic (exact) mass is 554 g/mol. The van der Waals surface area contributed by atoms with Crippen LogP contribution in [0.4, 0.5) is 8.78 Å². The number of hydroxylamine groups is 1. The minimum absolute atomic E-state index is 0.0492. The third-order valence-corrected chi connectivity index (χ3v) is 6.32. The van der Waals surface area contributed by atoms with E-state index in [1.807, 2.05) is 29.2 Å². The number of hydrogen-bond acceptors (Lipinski definition) is 6. The quantitative estimate of drug-likeness (QED) is 0.137. The molecule has 0 spiro atoms. The highest BCUT2D eigenvalue weighted by molar-refractivity contribution is 6.08. The number of benzene rings is 3. The molecule has 0 fully saturated rings. The first-order valence-corrected chi connectivity index (χ1v) is 12.5. The Balaban J connectivity index is 1.52. The molecule has 1 unspecified atom stereocenters. The molecule has 0 radical (unpaired) electrons. The molecule has 40 heavy (non-hydrogen) atoms. The van der Waals surface area contributed by atoms with Gasteiger partial charge >= 0.3 is 0 Å². The first-order chi connectivity index (χ1) is 19.2. The largest absolute Gasteiger partial charge is 0.494 e. The second kappa shape index (κ2) is 14.2. The van der Waals surface area contributed by atoms with Crippen LogP contribution in [0.3, 0.4) is 0 Å². The molecular weight excluding hydrogens is 522 g/mol. The van der Waals surface area contributed by atoms with E-state index in [0.717, 1.165) is 16.0 Å². The molecule has 3 aromatic carbocycles. The number of halogens is 2. The molecule has 3 aromatic rings. The number of nitrogens with one attached hydrogen (secondary N) is 2. The number of carbonyl (C=O) groups excluding carboxylic acids is 3. The van der Waals surface area contributed by atoms with E-state index in [-0.39, 0.29) is 17.7 Å². The summed E-state index contributed by atoms with van der Waals surface area (Å²) in [6, 6.07) is 16.3. The molecule has 0 aliphatic heterocycles. The Labute approximate surface area is 231 Å². The lowest BCUT2D eigenvalue weighted by Crippen LogP contribution is -2.54. The van der Waals surface area contributed by atoms with Gasteiger partial charge in [0.2, 0.25) is 0 Å². The number of rotatable bonds is 12. The molecule has 0 aliphatic carbocycles. The maximum atomic E-state index is 13.8. The van der Waals surface area contributed by atoms with Gasteiger partial charge in [-0.1, -0.05) is 30.3 Å². The van der Waals surface area contributed by atoms with Gasteiger partial charge < -0.3 is 19.9 Å². The third kappa shape index (κ3) is 7.61. The topological polar surface area (TPSA) is 111 Å². The minimum Gasteiger partial charge on any atom is -0.494 e. The molecule has 0 saturated heterocycles. The molecule has 3 rings (SSSR count). The molecule has 0 heterocycles. The SMILES string of the molecule is CNC(=O)C(C(=O)NO)N(C)C(=O)c1ccc(-c2ccc(OCCCN(C)Cc3c(F)cccc3F)cc2)cc1. The van der Waals surface area contributed by atoms with Gasteiger partial charge in [0, 0.05) is 38.3 Å². The minimum atomic E-state index is -1.54. The van der Waals surface area contributed by atoms with Crippen molar-refractivity contribution in [3.63, 3.8) is 0 Å². The summed E-state index contributed by atoms with van der Waals surface area (Å²) in [5, 5.41) is 11.2. The van der Waals surface area contributed by atoms with Crippen LogP contribution in [0.25, 0.3) is 11.1 Å². The van der Waals surface area contributed by atoms with Gasteiger partial charge in [-0.05, 0) is 61.0 Å². The second-order valence-electron chi connectivity index (χ2n) is 9.15. The number of ether oxygens (including phenoxy) is 1. The lowest BCUT2D eigenvalue weighted by molar-refractivity contribution is -0.140. The number of amides is 3. The van der Waals surface area contributed by atoms with Crippen molar-refractivity contribution in [2.75, 3.05) is 34.3 Å². The van der Waals surface area contributed by atoms with Crippen molar-refractivity contribution in [1.82, 2.24) is 20.6 Å². The fraction of sp³-hybridized carbons (Fsp3) is 0.276. The maximum absolute atomic E-state index is 13.8. The highest BCUT2D eigenvalue weighted by Crippen LogP contribution is 2.23. The van der Waals surface area contributed by atoms with E-state index in [4.69, 9.17) is 9.94 Å². The van der Waals surface area contributed by atoms with E-state index in [9.17, 15) is 23.2 Å². The number of nitrogens with zero attached hydrogens (tertiary/aromatic N) is 2. The van der Waals surface area contributed by atoms with Gasteiger partial charge in [0.25, 0.3) is 17.7 Å². The number of hydrogen-bond donors (Lipinski definition) is 3. The summed E-state index contributed by atoms with van der Waals surface area (Å²) in [5.41, 5.74) is 3.43. The van der Waals surface area contributed by atoms with Gasteiger partial charge in [0.05, 0.1) is 6.61 Å². The van der Waals surface area contributed by atoms with Gasteiger partial charge in [-0.3, -0.25) is 19.6 Å². The lowest BCUT2D eigenvalue weighted by Gasteiger charge is -2.25. The van der Waals surface area contributed by atoms with Crippen LogP contribution in [0, 0.1) is 11.6 Å². The average Bonchev–Trinajstić information content (AvgIpc) is 2.97. The van der Waals surface area contributed by atoms with Gasteiger partial charge in [-0.2, -0.15) is 0 Å². The molecule has 3 N–H and O–H groups in total. The van der Waals surface area contributed by atoms with Crippen LogP contribution in [0.5, 0.6) is 5.75 Å². The number of likely N-dealkylation sites (N-methyl/N-ethyl adjacent to an activating group) is 2. The Hall–Kier alpha value is -4.35. The Morgan fingerprint density at radius 3 is 2.02 bits per heavy atom. The second-order valence-corrected chi connectivity index (χ2v) is 9.15. The molecular formula is C29H32F2N4O5. The van der Waals surface area contributed by atoms with Crippen molar-refractivity contribution in [2.24, 2.45) is 0 Å². The molecule has 0 saturated carbocycles. The van der Waals surface area contributed by atoms with Gasteiger partial charge in [-0.25, -0.2) is 14.3 Å². The van der Waals surface area contributed by atoms with Crippen LogP contribution in [0.2, 0.25) is 0 Å². The van der Waals surface area contributed by atoms with Crippen molar-refractivity contribution in [3.05, 3.63) is 89.5 Å². The van der Waals surface area contributed by atoms with Crippen molar-refractivity contribution >= 4 is 17.7 Å². The molecule has 0 aliphatic rings. The Bertz CT molecular complexity index is 1280. The zero-order chi connectivity index (χ0) is 29.2. The first kappa shape index (κ1) is 30.2. The van der Waals surface area contributed by atoms with Gasteiger partial charge in [0.15, 0.2) is 6.04 Å². The molecule has 3 amide bonds. The fourth-order valence-corrected chi connectivity index (χ4v) is 4.10. The Morgan fingerprint density at radius 1 is 0.900 bits per heavy atom. The summed E-state index contributed by atoms with van der Waals surface area (Å²) in [6.07, 6.45) is 0.666. The number of carbonyl (C=O) groups is 3. The summed E-state index contributed by atoms with van der Waals surface area (Å²) < 4.78 is 33.4. The fourth-order valence-electron chi connectivity index (χ4n) is 4.10. The smallest absolute Gasteiger partial charge is 0.275 e. The predicted molar refractivity (Wildman–Crippen MR) is 145 cm³/mol. The van der Waals surface area contributed by atoms with E-state index in [2.05, 4.69) is 5.32 Å². The van der Waals surface area contributed by atoms with Crippen LogP contribution >= 0.6 is 0 Å². The molecule has 11 heteroatoms. The summed E-state index contributed by atoms with van der Waals surface area (Å²) in [6.45, 7) is 1.19. The zero-order valence-electron chi connectivity index (χ0n) is 22.5. The zero-order valence-corrected chi connectivity index (χ0v) is 22.5. The standard InChI is InChI=1S/C29H32F2N4O5/c1-32-27(36)26(28(37)33-39)35(3)29(38)21-10-8-19(9-11-21)20-12-14-22(15-13-20)40-17-5-16-34(2)18-23-24(30)6-4-7-25(23)31/h4,6-15,26,39H,5,16-18H2,1-3H3,(H,32,36)(H,33,37). The Morgan fingerprint density at radius 2 is 1.48 bits per heavy atom. The van der Waals surface area contributed by atoms with Crippen LogP contribution in [0.1, 0.15) is 22.3 Å². The van der Waals surface area contributed by atoms with E-state index in [1.165, 1.54) is 37.8 Å². The maximum Gasteiger partial charge on any atom is 0.275 e. The lowest BCUT2D eigenvalue weighted by atomic mass is 10.0. The van der Waals surface area contributed by atoms with Crippen LogP contribution in [-0.4, -0.2) is 73.1 Å². The molecule has 1 atom stereocenters. The van der Waals surface area contributed by atoms with Crippen LogP contribution in [0.15, 0.2) is 66.7 Å². The van der Waals surface area contributed by atoms with Crippen molar-refractivity contribution in [3.8, 4) is 16.9 Å². The Kier molecular flexibility index (Phi) is 10.7. The van der Waals surface area contributed by atoms with E-state index in [1.54, 1.807) is 31.3 Å². The summed E-state index contributed by atoms with van der Waals surface area (Å²) >= 11 is 0. The van der Waals surface area contributed by atoms with Crippen molar-refractivity contribution in [2.45, 2.75) is 19.0 Å². The highest BCUT2D eigenvalue weighted by atomic mass is 19.1. The summed E-state index contributed by atoms with van der Waals surface area (Å²) in [4.78, 5) is 39.6. The van der Waals surface area contributed by atoms with Crippen molar-refractivity contribution < 1.29 is 33.1 Å². The predicted octanol–water partition coefficient (Wildman–Crippen LogP) is 3.22. The van der Waals surface area contributed by atoms with E-state index in [0.29, 0.717) is 25.3 Å². The molecule has 212 valence electrons. The molecule has 0 aromatic heterocycles. The van der Waals surface area contributed by atoms with Crippen LogP contribution in [-0.2, 0) is 16.1 Å². The molecule has 0 bridgehead atoms. The average molecular weight is 555 g/mol. The highest BCUT2D eigenvalue weighted by Gasteiger charge is 2.33. The normalized spacial score (nSPS) is 11.6. The third-order valence-electron chi connectivity index (χ3n) is 6.32. The van der Waals surface area contributed by atoms with E-state index >= 15 is 0 Å². The van der Waals surface area contributed by atoms with Crippen molar-refractivity contribution in [1.29, 1.82) is 0 Å². The summed E-state index contributed by atoms with van der Waals surface area (Å²) in [7, 11) is 4.41. The van der Waals surface area contributed by atoms with E-state index < -0.39 is 35.4 Å². The van der Waals surface area contributed by atoms with Gasteiger partial charge in [0.1, 0.15) is 17.4 Å². The first-order valence-electron chi connectivity index (χ1n) is 12.5. The van der Waals surface area contributed by atoms with Crippen LogP contribution < -0.4 is 15.5 Å². The molecule has 9 nitrogen and oxygen atoms in total.